The van der Waals surface area contributed by atoms with Gasteiger partial charge in [-0.25, -0.2) is 0 Å². The summed E-state index contributed by atoms with van der Waals surface area (Å²) in [6.45, 7) is 8.04. The van der Waals surface area contributed by atoms with E-state index in [1.165, 1.54) is 43.9 Å². The quantitative estimate of drug-likeness (QED) is 0.152. The molecule has 0 radical (unpaired) electrons. The van der Waals surface area contributed by atoms with Gasteiger partial charge in [0.05, 0.1) is 13.2 Å². The molecule has 1 atom stereocenters. The summed E-state index contributed by atoms with van der Waals surface area (Å²) < 4.78 is 11.8. The molecule has 0 saturated carbocycles. The summed E-state index contributed by atoms with van der Waals surface area (Å²) >= 11 is 1.25. The van der Waals surface area contributed by atoms with E-state index in [1.54, 1.807) is 0 Å². The smallest absolute Gasteiger partial charge is 0.224 e. The van der Waals surface area contributed by atoms with E-state index in [1.807, 2.05) is 72.8 Å². The monoisotopic (exact) mass is 504 g/mol. The fourth-order valence-electron chi connectivity index (χ4n) is 3.84. The Kier molecular flexibility index (Phi) is 11.9. The molecule has 192 valence electrons. The molecule has 0 spiro atoms. The first kappa shape index (κ1) is 27.9. The van der Waals surface area contributed by atoms with Crippen LogP contribution in [0.2, 0.25) is 0 Å². The number of unbranched alkanes of at least 4 members (excludes halogenated alkanes) is 5. The Balaban J connectivity index is 1.56. The molecule has 0 aromatic heterocycles. The zero-order chi connectivity index (χ0) is 25.6. The molecule has 3 rings (SSSR count). The third kappa shape index (κ3) is 9.05. The number of carbonyl (C=O) groups is 1. The summed E-state index contributed by atoms with van der Waals surface area (Å²) in [5, 5.41) is 0.0299. The second-order valence-corrected chi connectivity index (χ2v) is 10.4. The number of rotatable bonds is 15. The third-order valence-electron chi connectivity index (χ3n) is 6.34. The number of carbonyl (C=O) groups excluding carboxylic acids is 1. The van der Waals surface area contributed by atoms with Crippen LogP contribution in [0.5, 0.6) is 11.5 Å². The van der Waals surface area contributed by atoms with Crippen LogP contribution in [-0.4, -0.2) is 18.3 Å². The Labute approximate surface area is 221 Å². The van der Waals surface area contributed by atoms with Crippen molar-refractivity contribution in [2.75, 3.05) is 13.2 Å². The summed E-state index contributed by atoms with van der Waals surface area (Å²) in [7, 11) is 0. The van der Waals surface area contributed by atoms with Gasteiger partial charge >= 0.3 is 0 Å². The normalized spacial score (nSPS) is 11.8. The summed E-state index contributed by atoms with van der Waals surface area (Å²) in [6, 6.07) is 23.7. The molecule has 0 aliphatic rings. The van der Waals surface area contributed by atoms with Gasteiger partial charge in [0.25, 0.3) is 0 Å². The standard InChI is InChI=1S/C32H40O3S/c1-4-6-7-8-9-12-23-34-27-17-15-26(16-18-27)30-13-10-11-14-31(30)32(33)36-29-21-19-28(20-22-29)35-24-25(3)5-2/h10-11,13-22,25H,4-9,12,23-24H2,1-3H3. The number of thioether (sulfide) groups is 1. The van der Waals surface area contributed by atoms with Crippen LogP contribution in [0.1, 0.15) is 76.1 Å². The Hall–Kier alpha value is -2.72. The van der Waals surface area contributed by atoms with Crippen LogP contribution in [0.15, 0.2) is 77.7 Å². The van der Waals surface area contributed by atoms with Crippen LogP contribution in [0.3, 0.4) is 0 Å². The van der Waals surface area contributed by atoms with E-state index in [4.69, 9.17) is 9.47 Å². The third-order valence-corrected chi connectivity index (χ3v) is 7.26. The predicted molar refractivity (Wildman–Crippen MR) is 152 cm³/mol. The van der Waals surface area contributed by atoms with E-state index < -0.39 is 0 Å². The Morgan fingerprint density at radius 2 is 1.42 bits per heavy atom. The molecule has 4 heteroatoms. The van der Waals surface area contributed by atoms with Crippen molar-refractivity contribution in [3.05, 3.63) is 78.4 Å². The maximum absolute atomic E-state index is 13.2. The van der Waals surface area contributed by atoms with E-state index in [2.05, 4.69) is 20.8 Å². The van der Waals surface area contributed by atoms with Crippen LogP contribution < -0.4 is 9.47 Å². The molecule has 0 amide bonds. The molecule has 0 aliphatic heterocycles. The molecule has 0 fully saturated rings. The van der Waals surface area contributed by atoms with Gasteiger partial charge in [0.15, 0.2) is 0 Å². The van der Waals surface area contributed by atoms with Crippen molar-refractivity contribution in [3.8, 4) is 22.6 Å². The lowest BCUT2D eigenvalue weighted by atomic mass is 10.0. The lowest BCUT2D eigenvalue weighted by molar-refractivity contribution is 0.108. The second-order valence-electron chi connectivity index (χ2n) is 9.37. The molecule has 0 saturated heterocycles. The average Bonchev–Trinajstić information content (AvgIpc) is 2.92. The van der Waals surface area contributed by atoms with Crippen molar-refractivity contribution in [2.45, 2.75) is 70.6 Å². The summed E-state index contributed by atoms with van der Waals surface area (Å²) in [6.07, 6.45) is 8.61. The maximum atomic E-state index is 13.2. The summed E-state index contributed by atoms with van der Waals surface area (Å²) in [4.78, 5) is 14.1. The van der Waals surface area contributed by atoms with Gasteiger partial charge in [-0.1, -0.05) is 89.6 Å². The fourth-order valence-corrected chi connectivity index (χ4v) is 4.61. The van der Waals surface area contributed by atoms with Gasteiger partial charge in [-0.05, 0) is 77.7 Å². The Morgan fingerprint density at radius 3 is 2.14 bits per heavy atom. The first-order chi connectivity index (χ1) is 17.6. The SMILES string of the molecule is CCCCCCCCOc1ccc(-c2ccccc2C(=O)Sc2ccc(OCC(C)CC)cc2)cc1. The van der Waals surface area contributed by atoms with Crippen LogP contribution in [-0.2, 0) is 0 Å². The predicted octanol–water partition coefficient (Wildman–Crippen LogP) is 9.45. The molecule has 3 aromatic carbocycles. The van der Waals surface area contributed by atoms with Crippen molar-refractivity contribution in [3.63, 3.8) is 0 Å². The molecule has 3 nitrogen and oxygen atoms in total. The number of hydrogen-bond donors (Lipinski definition) is 0. The van der Waals surface area contributed by atoms with Crippen molar-refractivity contribution in [1.29, 1.82) is 0 Å². The second kappa shape index (κ2) is 15.4. The largest absolute Gasteiger partial charge is 0.494 e. The van der Waals surface area contributed by atoms with Crippen molar-refractivity contribution in [2.24, 2.45) is 5.92 Å². The van der Waals surface area contributed by atoms with Crippen molar-refractivity contribution in [1.82, 2.24) is 0 Å². The van der Waals surface area contributed by atoms with Gasteiger partial charge in [-0.2, -0.15) is 0 Å². The maximum Gasteiger partial charge on any atom is 0.224 e. The molecule has 0 aliphatic carbocycles. The average molecular weight is 505 g/mol. The molecule has 36 heavy (non-hydrogen) atoms. The molecular weight excluding hydrogens is 464 g/mol. The minimum Gasteiger partial charge on any atom is -0.494 e. The number of hydrogen-bond acceptors (Lipinski definition) is 4. The highest BCUT2D eigenvalue weighted by atomic mass is 32.2. The molecule has 0 heterocycles. The Morgan fingerprint density at radius 1 is 0.778 bits per heavy atom. The van der Waals surface area contributed by atoms with E-state index in [-0.39, 0.29) is 5.12 Å². The van der Waals surface area contributed by atoms with Gasteiger partial charge < -0.3 is 9.47 Å². The topological polar surface area (TPSA) is 35.5 Å². The highest BCUT2D eigenvalue weighted by molar-refractivity contribution is 8.14. The summed E-state index contributed by atoms with van der Waals surface area (Å²) in [5.74, 6) is 2.24. The minimum atomic E-state index is 0.0299. The van der Waals surface area contributed by atoms with Gasteiger partial charge in [0.2, 0.25) is 5.12 Å². The number of benzene rings is 3. The van der Waals surface area contributed by atoms with Gasteiger partial charge in [-0.3, -0.25) is 4.79 Å². The lowest BCUT2D eigenvalue weighted by Gasteiger charge is -2.12. The highest BCUT2D eigenvalue weighted by Crippen LogP contribution is 2.31. The fraction of sp³-hybridized carbons (Fsp3) is 0.406. The van der Waals surface area contributed by atoms with Crippen LogP contribution in [0.25, 0.3) is 11.1 Å². The van der Waals surface area contributed by atoms with Crippen molar-refractivity contribution >= 4 is 16.9 Å². The molecule has 0 bridgehead atoms. The molecule has 1 unspecified atom stereocenters. The van der Waals surface area contributed by atoms with E-state index in [0.29, 0.717) is 18.1 Å². The molecule has 3 aromatic rings. The van der Waals surface area contributed by atoms with Crippen molar-refractivity contribution < 1.29 is 14.3 Å². The van der Waals surface area contributed by atoms with Gasteiger partial charge in [0, 0.05) is 10.5 Å². The highest BCUT2D eigenvalue weighted by Gasteiger charge is 2.14. The first-order valence-electron chi connectivity index (χ1n) is 13.4. The van der Waals surface area contributed by atoms with Crippen LogP contribution >= 0.6 is 11.8 Å². The zero-order valence-corrected chi connectivity index (χ0v) is 22.8. The van der Waals surface area contributed by atoms with Crippen LogP contribution in [0.4, 0.5) is 0 Å². The Bertz CT molecular complexity index is 1040. The van der Waals surface area contributed by atoms with E-state index in [0.717, 1.165) is 47.0 Å². The lowest BCUT2D eigenvalue weighted by Crippen LogP contribution is -2.07. The molecule has 0 N–H and O–H groups in total. The van der Waals surface area contributed by atoms with Gasteiger partial charge in [-0.15, -0.1) is 0 Å². The summed E-state index contributed by atoms with van der Waals surface area (Å²) in [5.41, 5.74) is 2.66. The molecular formula is C32H40O3S. The van der Waals surface area contributed by atoms with E-state index >= 15 is 0 Å². The van der Waals surface area contributed by atoms with E-state index in [9.17, 15) is 4.79 Å². The minimum absolute atomic E-state index is 0.0299. The number of ether oxygens (including phenoxy) is 2. The first-order valence-corrected chi connectivity index (χ1v) is 14.2. The van der Waals surface area contributed by atoms with Gasteiger partial charge in [0.1, 0.15) is 11.5 Å². The zero-order valence-electron chi connectivity index (χ0n) is 22.0. The van der Waals surface area contributed by atoms with Crippen LogP contribution in [0, 0.1) is 5.92 Å².